The summed E-state index contributed by atoms with van der Waals surface area (Å²) in [4.78, 5) is 24.8. The van der Waals surface area contributed by atoms with Gasteiger partial charge in [-0.05, 0) is 34.2 Å². The third-order valence-electron chi connectivity index (χ3n) is 4.05. The van der Waals surface area contributed by atoms with E-state index in [1.54, 1.807) is 0 Å². The summed E-state index contributed by atoms with van der Waals surface area (Å²) in [7, 11) is 1.33. The van der Waals surface area contributed by atoms with Crippen LogP contribution in [0.2, 0.25) is 0 Å². The van der Waals surface area contributed by atoms with E-state index in [1.165, 1.54) is 30.3 Å². The largest absolute Gasteiger partial charge is 0.494 e. The average molecular weight is 384 g/mol. The summed E-state index contributed by atoms with van der Waals surface area (Å²) in [6.45, 7) is -0.530. The van der Waals surface area contributed by atoms with Crippen LogP contribution in [0.4, 0.5) is 4.39 Å². The van der Waals surface area contributed by atoms with Crippen molar-refractivity contribution in [1.82, 2.24) is 20.2 Å². The first-order valence-electron chi connectivity index (χ1n) is 8.38. The maximum Gasteiger partial charge on any atom is 0.331 e. The lowest BCUT2D eigenvalue weighted by Gasteiger charge is -2.15. The first-order valence-corrected chi connectivity index (χ1v) is 8.38. The highest BCUT2D eigenvalue weighted by atomic mass is 19.1. The van der Waals surface area contributed by atoms with E-state index in [0.717, 1.165) is 11.6 Å². The van der Waals surface area contributed by atoms with Crippen molar-refractivity contribution in [3.63, 3.8) is 0 Å². The SMILES string of the molecule is COc1ccc(C(=O)COC(=O)[C@H](Cc2ccccc2)n2cnnn2)cc1F. The standard InChI is InChI=1S/C19H17FN4O4/c1-27-18-8-7-14(10-15(18)20)17(25)11-28-19(26)16(24-12-21-22-23-24)9-13-5-3-2-4-6-13/h2-8,10,12,16H,9,11H2,1H3/t16-/m0/s1. The summed E-state index contributed by atoms with van der Waals surface area (Å²) < 4.78 is 25.0. The van der Waals surface area contributed by atoms with Gasteiger partial charge in [-0.2, -0.15) is 0 Å². The molecule has 3 aromatic rings. The second-order valence-corrected chi connectivity index (χ2v) is 5.88. The molecule has 0 bridgehead atoms. The molecule has 0 saturated heterocycles. The molecule has 0 amide bonds. The molecule has 9 heteroatoms. The van der Waals surface area contributed by atoms with E-state index >= 15 is 0 Å². The molecule has 8 nitrogen and oxygen atoms in total. The smallest absolute Gasteiger partial charge is 0.331 e. The van der Waals surface area contributed by atoms with Crippen LogP contribution in [-0.4, -0.2) is 45.7 Å². The first-order chi connectivity index (χ1) is 13.6. The van der Waals surface area contributed by atoms with Gasteiger partial charge >= 0.3 is 5.97 Å². The average Bonchev–Trinajstić information content (AvgIpc) is 3.25. The van der Waals surface area contributed by atoms with Crippen LogP contribution in [0.1, 0.15) is 22.0 Å². The lowest BCUT2D eigenvalue weighted by Crippen LogP contribution is -2.26. The van der Waals surface area contributed by atoms with Gasteiger partial charge in [0.25, 0.3) is 0 Å². The minimum absolute atomic E-state index is 0.0233. The maximum absolute atomic E-state index is 13.8. The number of esters is 1. The number of aromatic nitrogens is 4. The van der Waals surface area contributed by atoms with E-state index in [4.69, 9.17) is 9.47 Å². The van der Waals surface area contributed by atoms with Crippen molar-refractivity contribution < 1.29 is 23.5 Å². The Kier molecular flexibility index (Phi) is 6.05. The van der Waals surface area contributed by atoms with E-state index in [1.807, 2.05) is 30.3 Å². The number of methoxy groups -OCH3 is 1. The van der Waals surface area contributed by atoms with Crippen LogP contribution in [0.25, 0.3) is 0 Å². The summed E-state index contributed by atoms with van der Waals surface area (Å²) >= 11 is 0. The predicted molar refractivity (Wildman–Crippen MR) is 95.2 cm³/mol. The number of nitrogens with zero attached hydrogens (tertiary/aromatic N) is 4. The van der Waals surface area contributed by atoms with Crippen molar-refractivity contribution in [2.75, 3.05) is 13.7 Å². The lowest BCUT2D eigenvalue weighted by molar-refractivity contribution is -0.146. The quantitative estimate of drug-likeness (QED) is 0.433. The molecule has 1 aromatic heterocycles. The van der Waals surface area contributed by atoms with Crippen molar-refractivity contribution in [2.45, 2.75) is 12.5 Å². The predicted octanol–water partition coefficient (Wildman–Crippen LogP) is 2.03. The molecule has 0 aliphatic carbocycles. The molecule has 0 N–H and O–H groups in total. The van der Waals surface area contributed by atoms with Crippen LogP contribution in [0, 0.1) is 5.82 Å². The number of rotatable bonds is 8. The molecule has 28 heavy (non-hydrogen) atoms. The van der Waals surface area contributed by atoms with Gasteiger partial charge in [0.15, 0.2) is 30.0 Å². The number of Topliss-reactive ketones (excluding diaryl/α,β-unsaturated/α-hetero) is 1. The number of carbonyl (C=O) groups is 2. The number of benzene rings is 2. The molecule has 3 rings (SSSR count). The van der Waals surface area contributed by atoms with Crippen molar-refractivity contribution in [3.8, 4) is 5.75 Å². The molecule has 0 saturated carbocycles. The Hall–Kier alpha value is -3.62. The second kappa shape index (κ2) is 8.85. The van der Waals surface area contributed by atoms with Crippen LogP contribution in [0.5, 0.6) is 5.75 Å². The van der Waals surface area contributed by atoms with Gasteiger partial charge in [0, 0.05) is 12.0 Å². The van der Waals surface area contributed by atoms with Crippen molar-refractivity contribution in [1.29, 1.82) is 0 Å². The van der Waals surface area contributed by atoms with Gasteiger partial charge in [0.1, 0.15) is 6.33 Å². The number of carbonyl (C=O) groups excluding carboxylic acids is 2. The second-order valence-electron chi connectivity index (χ2n) is 5.88. The molecule has 0 spiro atoms. The van der Waals surface area contributed by atoms with Crippen LogP contribution < -0.4 is 4.74 Å². The van der Waals surface area contributed by atoms with E-state index < -0.39 is 30.2 Å². The van der Waals surface area contributed by atoms with Gasteiger partial charge in [-0.1, -0.05) is 30.3 Å². The summed E-state index contributed by atoms with van der Waals surface area (Å²) in [5.74, 6) is -1.85. The van der Waals surface area contributed by atoms with Gasteiger partial charge in [-0.3, -0.25) is 4.79 Å². The third-order valence-corrected chi connectivity index (χ3v) is 4.05. The summed E-state index contributed by atoms with van der Waals surface area (Å²) in [5.41, 5.74) is 0.955. The Balaban J connectivity index is 1.68. The van der Waals surface area contributed by atoms with Gasteiger partial charge in [0.05, 0.1) is 7.11 Å². The Labute approximate surface area is 159 Å². The molecule has 0 aliphatic heterocycles. The first kappa shape index (κ1) is 19.2. The third kappa shape index (κ3) is 4.56. The molecule has 144 valence electrons. The molecule has 1 heterocycles. The number of ether oxygens (including phenoxy) is 2. The van der Waals surface area contributed by atoms with Crippen molar-refractivity contribution in [2.24, 2.45) is 0 Å². The van der Waals surface area contributed by atoms with Gasteiger partial charge in [0.2, 0.25) is 0 Å². The van der Waals surface area contributed by atoms with Crippen molar-refractivity contribution >= 4 is 11.8 Å². The highest BCUT2D eigenvalue weighted by Gasteiger charge is 2.25. The molecule has 1 atom stereocenters. The van der Waals surface area contributed by atoms with Gasteiger partial charge in [-0.15, -0.1) is 5.10 Å². The van der Waals surface area contributed by atoms with Gasteiger partial charge in [-0.25, -0.2) is 13.9 Å². The number of halogens is 1. The normalized spacial score (nSPS) is 11.6. The monoisotopic (exact) mass is 384 g/mol. The zero-order valence-electron chi connectivity index (χ0n) is 15.0. The molecular weight excluding hydrogens is 367 g/mol. The Morgan fingerprint density at radius 1 is 1.18 bits per heavy atom. The summed E-state index contributed by atoms with van der Waals surface area (Å²) in [6.07, 6.45) is 1.59. The fraction of sp³-hybridized carbons (Fsp3) is 0.211. The van der Waals surface area contributed by atoms with E-state index in [2.05, 4.69) is 15.5 Å². The molecule has 0 radical (unpaired) electrons. The fourth-order valence-corrected chi connectivity index (χ4v) is 2.59. The Morgan fingerprint density at radius 3 is 2.61 bits per heavy atom. The number of hydrogen-bond donors (Lipinski definition) is 0. The minimum atomic E-state index is -0.835. The lowest BCUT2D eigenvalue weighted by atomic mass is 10.1. The Morgan fingerprint density at radius 2 is 1.96 bits per heavy atom. The van der Waals surface area contributed by atoms with Crippen LogP contribution in [0.3, 0.4) is 0 Å². The molecule has 0 fully saturated rings. The molecular formula is C19H17FN4O4. The molecule has 2 aromatic carbocycles. The maximum atomic E-state index is 13.8. The summed E-state index contributed by atoms with van der Waals surface area (Å²) in [6, 6.07) is 12.2. The van der Waals surface area contributed by atoms with Crippen LogP contribution in [0.15, 0.2) is 54.9 Å². The molecule has 0 aliphatic rings. The Bertz CT molecular complexity index is 948. The zero-order valence-corrected chi connectivity index (χ0v) is 15.0. The van der Waals surface area contributed by atoms with E-state index in [9.17, 15) is 14.0 Å². The number of hydrogen-bond acceptors (Lipinski definition) is 7. The van der Waals surface area contributed by atoms with E-state index in [0.29, 0.717) is 0 Å². The van der Waals surface area contributed by atoms with Crippen LogP contribution >= 0.6 is 0 Å². The number of ketones is 1. The molecule has 0 unspecified atom stereocenters. The number of tetrazole rings is 1. The summed E-state index contributed by atoms with van der Waals surface area (Å²) in [5, 5.41) is 10.8. The highest BCUT2D eigenvalue weighted by Crippen LogP contribution is 2.19. The topological polar surface area (TPSA) is 96.2 Å². The highest BCUT2D eigenvalue weighted by molar-refractivity contribution is 5.98. The van der Waals surface area contributed by atoms with Crippen LogP contribution in [-0.2, 0) is 16.0 Å². The van der Waals surface area contributed by atoms with Crippen molar-refractivity contribution in [3.05, 3.63) is 71.8 Å². The minimum Gasteiger partial charge on any atom is -0.494 e. The zero-order chi connectivity index (χ0) is 19.9. The van der Waals surface area contributed by atoms with E-state index in [-0.39, 0.29) is 17.7 Å². The fourth-order valence-electron chi connectivity index (χ4n) is 2.59. The van der Waals surface area contributed by atoms with Gasteiger partial charge < -0.3 is 9.47 Å².